The smallest absolute Gasteiger partial charge is 0.255 e. The van der Waals surface area contributed by atoms with Crippen molar-refractivity contribution in [1.82, 2.24) is 35.1 Å². The molecule has 0 aliphatic heterocycles. The van der Waals surface area contributed by atoms with Crippen LogP contribution < -0.4 is 5.32 Å². The van der Waals surface area contributed by atoms with Gasteiger partial charge in [-0.05, 0) is 46.7 Å². The zero-order valence-corrected chi connectivity index (χ0v) is 20.8. The zero-order chi connectivity index (χ0) is 26.3. The van der Waals surface area contributed by atoms with Crippen LogP contribution in [0.4, 0.5) is 10.1 Å². The van der Waals surface area contributed by atoms with Gasteiger partial charge in [-0.15, -0.1) is 0 Å². The summed E-state index contributed by atoms with van der Waals surface area (Å²) in [5.74, 6) is -0.503. The van der Waals surface area contributed by atoms with E-state index in [1.54, 1.807) is 47.9 Å². The van der Waals surface area contributed by atoms with Crippen LogP contribution in [0.25, 0.3) is 56.0 Å². The molecule has 0 aliphatic rings. The van der Waals surface area contributed by atoms with E-state index in [1.807, 2.05) is 29.0 Å². The first-order valence-corrected chi connectivity index (χ1v) is 12.8. The van der Waals surface area contributed by atoms with Gasteiger partial charge in [0, 0.05) is 29.1 Å². The van der Waals surface area contributed by atoms with Gasteiger partial charge in [-0.3, -0.25) is 19.9 Å². The Labute approximate surface area is 223 Å². The number of aromatic nitrogens is 7. The summed E-state index contributed by atoms with van der Waals surface area (Å²) in [6, 6.07) is 14.3. The second-order valence-electron chi connectivity index (χ2n) is 8.72. The number of amides is 1. The molecule has 1 amide bonds. The molecule has 0 spiro atoms. The summed E-state index contributed by atoms with van der Waals surface area (Å²) in [4.78, 5) is 33.4. The van der Waals surface area contributed by atoms with E-state index in [4.69, 9.17) is 4.98 Å². The number of thiophene rings is 1. The SMILES string of the molecule is O=C(Nc1cncc(-c2ncc3[nH]nc(-c4nc5c(-c6ccsc6)ccnc5[nH]4)c3c2F)c1)c1ccccc1. The van der Waals surface area contributed by atoms with E-state index in [-0.39, 0.29) is 17.0 Å². The molecule has 0 saturated carbocycles. The number of carbonyl (C=O) groups is 1. The van der Waals surface area contributed by atoms with Crippen LogP contribution in [-0.4, -0.2) is 41.0 Å². The molecule has 0 bridgehead atoms. The van der Waals surface area contributed by atoms with Crippen molar-refractivity contribution in [3.05, 3.63) is 95.5 Å². The van der Waals surface area contributed by atoms with Crippen LogP contribution in [0.2, 0.25) is 0 Å². The molecular formula is C28H17FN8OS. The topological polar surface area (TPSA) is 125 Å². The molecule has 0 fully saturated rings. The number of carbonyl (C=O) groups excluding carboxylic acids is 1. The van der Waals surface area contributed by atoms with E-state index in [0.717, 1.165) is 11.1 Å². The normalized spacial score (nSPS) is 11.3. The number of nitrogens with zero attached hydrogens (tertiary/aromatic N) is 5. The van der Waals surface area contributed by atoms with Crippen molar-refractivity contribution in [3.63, 3.8) is 0 Å². The maximum absolute atomic E-state index is 16.1. The highest BCUT2D eigenvalue weighted by molar-refractivity contribution is 7.08. The van der Waals surface area contributed by atoms with Crippen molar-refractivity contribution in [1.29, 1.82) is 0 Å². The molecule has 7 aromatic rings. The van der Waals surface area contributed by atoms with Crippen LogP contribution in [0, 0.1) is 5.82 Å². The number of H-pyrrole nitrogens is 2. The highest BCUT2D eigenvalue weighted by Gasteiger charge is 2.22. The van der Waals surface area contributed by atoms with Gasteiger partial charge in [0.05, 0.1) is 29.0 Å². The number of halogens is 1. The predicted molar refractivity (Wildman–Crippen MR) is 148 cm³/mol. The average molecular weight is 533 g/mol. The van der Waals surface area contributed by atoms with Crippen molar-refractivity contribution >= 4 is 45.0 Å². The van der Waals surface area contributed by atoms with Gasteiger partial charge >= 0.3 is 0 Å². The maximum atomic E-state index is 16.1. The van der Waals surface area contributed by atoms with E-state index < -0.39 is 5.82 Å². The second kappa shape index (κ2) is 9.23. The number of aromatic amines is 2. The van der Waals surface area contributed by atoms with Gasteiger partial charge in [-0.25, -0.2) is 14.4 Å². The number of hydrogen-bond acceptors (Lipinski definition) is 7. The molecule has 7 rings (SSSR count). The van der Waals surface area contributed by atoms with Crippen molar-refractivity contribution < 1.29 is 9.18 Å². The molecule has 0 saturated heterocycles. The fraction of sp³-hybridized carbons (Fsp3) is 0. The molecular weight excluding hydrogens is 515 g/mol. The predicted octanol–water partition coefficient (Wildman–Crippen LogP) is 6.08. The Balaban J connectivity index is 1.29. The lowest BCUT2D eigenvalue weighted by Crippen LogP contribution is -2.11. The van der Waals surface area contributed by atoms with E-state index >= 15 is 4.39 Å². The van der Waals surface area contributed by atoms with Crippen molar-refractivity contribution in [2.75, 3.05) is 5.32 Å². The summed E-state index contributed by atoms with van der Waals surface area (Å²) >= 11 is 1.59. The summed E-state index contributed by atoms with van der Waals surface area (Å²) < 4.78 is 16.1. The Kier molecular flexibility index (Phi) is 5.41. The number of fused-ring (bicyclic) bond motifs is 2. The fourth-order valence-electron chi connectivity index (χ4n) is 4.45. The van der Waals surface area contributed by atoms with Crippen LogP contribution in [0.5, 0.6) is 0 Å². The molecule has 1 aromatic carbocycles. The fourth-order valence-corrected chi connectivity index (χ4v) is 5.11. The number of hydrogen-bond donors (Lipinski definition) is 3. The molecule has 6 heterocycles. The number of imidazole rings is 1. The highest BCUT2D eigenvalue weighted by Crippen LogP contribution is 2.34. The second-order valence-corrected chi connectivity index (χ2v) is 9.50. The van der Waals surface area contributed by atoms with Crippen LogP contribution in [-0.2, 0) is 0 Å². The Morgan fingerprint density at radius 3 is 2.72 bits per heavy atom. The Bertz CT molecular complexity index is 1980. The van der Waals surface area contributed by atoms with Crippen molar-refractivity contribution in [2.45, 2.75) is 0 Å². The molecule has 0 aliphatic carbocycles. The third kappa shape index (κ3) is 4.01. The minimum atomic E-state index is -0.587. The Morgan fingerprint density at radius 2 is 1.87 bits per heavy atom. The first-order valence-electron chi connectivity index (χ1n) is 11.9. The van der Waals surface area contributed by atoms with Crippen LogP contribution in [0.15, 0.2) is 84.1 Å². The molecule has 11 heteroatoms. The Morgan fingerprint density at radius 1 is 0.974 bits per heavy atom. The minimum absolute atomic E-state index is 0.0710. The molecule has 0 radical (unpaired) electrons. The molecule has 6 aromatic heterocycles. The van der Waals surface area contributed by atoms with Crippen molar-refractivity contribution in [3.8, 4) is 33.9 Å². The van der Waals surface area contributed by atoms with Crippen LogP contribution in [0.1, 0.15) is 10.4 Å². The summed E-state index contributed by atoms with van der Waals surface area (Å²) in [6.07, 6.45) is 6.21. The summed E-state index contributed by atoms with van der Waals surface area (Å²) in [5, 5.41) is 14.2. The molecule has 39 heavy (non-hydrogen) atoms. The lowest BCUT2D eigenvalue weighted by Gasteiger charge is -2.08. The number of benzene rings is 1. The van der Waals surface area contributed by atoms with Crippen LogP contribution in [0.3, 0.4) is 0 Å². The van der Waals surface area contributed by atoms with Gasteiger partial charge in [0.2, 0.25) is 0 Å². The lowest BCUT2D eigenvalue weighted by atomic mass is 10.1. The van der Waals surface area contributed by atoms with Crippen LogP contribution >= 0.6 is 11.3 Å². The summed E-state index contributed by atoms with van der Waals surface area (Å²) in [5.41, 5.74) is 5.31. The molecule has 188 valence electrons. The number of nitrogens with one attached hydrogen (secondary N) is 3. The third-order valence-corrected chi connectivity index (χ3v) is 6.97. The highest BCUT2D eigenvalue weighted by atomic mass is 32.1. The number of anilines is 1. The van der Waals surface area contributed by atoms with E-state index in [9.17, 15) is 4.79 Å². The van der Waals surface area contributed by atoms with Crippen molar-refractivity contribution in [2.24, 2.45) is 0 Å². The maximum Gasteiger partial charge on any atom is 0.255 e. The quantitative estimate of drug-likeness (QED) is 0.247. The van der Waals surface area contributed by atoms with E-state index in [0.29, 0.717) is 45.0 Å². The largest absolute Gasteiger partial charge is 0.321 e. The minimum Gasteiger partial charge on any atom is -0.321 e. The zero-order valence-electron chi connectivity index (χ0n) is 20.0. The molecule has 0 atom stereocenters. The standard InChI is InChI=1S/C28H17FN8OS/c29-22-21-20(13-32-23(22)17-10-18(12-30-11-17)33-28(38)15-4-2-1-3-5-15)36-37-25(21)27-34-24-19(16-7-9-39-14-16)6-8-31-26(24)35-27/h1-14H,(H,33,38)(H,36,37)(H,31,34,35). The van der Waals surface area contributed by atoms with Gasteiger partial charge in [-0.1, -0.05) is 18.2 Å². The number of pyridine rings is 3. The van der Waals surface area contributed by atoms with Gasteiger partial charge in [0.15, 0.2) is 17.3 Å². The molecule has 3 N–H and O–H groups in total. The van der Waals surface area contributed by atoms with E-state index in [1.165, 1.54) is 18.6 Å². The van der Waals surface area contributed by atoms with Gasteiger partial charge in [0.1, 0.15) is 16.9 Å². The summed E-state index contributed by atoms with van der Waals surface area (Å²) in [7, 11) is 0. The van der Waals surface area contributed by atoms with Gasteiger partial charge in [0.25, 0.3) is 5.91 Å². The third-order valence-electron chi connectivity index (χ3n) is 6.29. The van der Waals surface area contributed by atoms with Gasteiger partial charge < -0.3 is 10.3 Å². The first-order chi connectivity index (χ1) is 19.2. The monoisotopic (exact) mass is 532 g/mol. The molecule has 9 nitrogen and oxygen atoms in total. The number of rotatable bonds is 5. The average Bonchev–Trinajstić information content (AvgIpc) is 3.73. The van der Waals surface area contributed by atoms with Gasteiger partial charge in [-0.2, -0.15) is 16.4 Å². The Hall–Kier alpha value is -5.29. The summed E-state index contributed by atoms with van der Waals surface area (Å²) in [6.45, 7) is 0. The van der Waals surface area contributed by atoms with E-state index in [2.05, 4.69) is 35.5 Å². The molecule has 0 unspecified atom stereocenters. The lowest BCUT2D eigenvalue weighted by molar-refractivity contribution is 0.102. The first kappa shape index (κ1) is 22.9.